The zero-order chi connectivity index (χ0) is 14.2. The van der Waals surface area contributed by atoms with Gasteiger partial charge in [-0.2, -0.15) is 9.82 Å². The van der Waals surface area contributed by atoms with Crippen molar-refractivity contribution in [1.29, 1.82) is 0 Å². The second-order valence-electron chi connectivity index (χ2n) is 4.53. The zero-order valence-corrected chi connectivity index (χ0v) is 11.6. The summed E-state index contributed by atoms with van der Waals surface area (Å²) in [6, 6.07) is -0.752. The lowest BCUT2D eigenvalue weighted by atomic mass is 10.1. The molecule has 1 amide bonds. The molecule has 19 heavy (non-hydrogen) atoms. The SMILES string of the molecule is Cc1c(S(=O)(=O)NC2CCCNC2=O)c(N)nn1C. The number of hydrogen-bond donors (Lipinski definition) is 3. The zero-order valence-electron chi connectivity index (χ0n) is 10.8. The molecule has 0 aliphatic carbocycles. The van der Waals surface area contributed by atoms with Crippen molar-refractivity contribution in [3.05, 3.63) is 5.69 Å². The number of nitrogen functional groups attached to an aromatic ring is 1. The maximum atomic E-state index is 12.3. The molecule has 8 nitrogen and oxygen atoms in total. The second kappa shape index (κ2) is 4.82. The summed E-state index contributed by atoms with van der Waals surface area (Å²) in [4.78, 5) is 11.5. The maximum Gasteiger partial charge on any atom is 0.246 e. The third-order valence-corrected chi connectivity index (χ3v) is 4.79. The molecule has 0 bridgehead atoms. The van der Waals surface area contributed by atoms with Crippen molar-refractivity contribution in [3.63, 3.8) is 0 Å². The Morgan fingerprint density at radius 3 is 2.74 bits per heavy atom. The molecule has 2 heterocycles. The number of hydrogen-bond acceptors (Lipinski definition) is 5. The predicted molar refractivity (Wildman–Crippen MR) is 68.7 cm³/mol. The highest BCUT2D eigenvalue weighted by atomic mass is 32.2. The minimum atomic E-state index is -3.85. The number of sulfonamides is 1. The lowest BCUT2D eigenvalue weighted by Crippen LogP contribution is -2.50. The number of rotatable bonds is 3. The van der Waals surface area contributed by atoms with Crippen molar-refractivity contribution >= 4 is 21.7 Å². The fraction of sp³-hybridized carbons (Fsp3) is 0.600. The first-order valence-electron chi connectivity index (χ1n) is 5.92. The Bertz CT molecular complexity index is 607. The molecular formula is C10H17N5O3S. The van der Waals surface area contributed by atoms with Crippen molar-refractivity contribution in [2.75, 3.05) is 12.3 Å². The van der Waals surface area contributed by atoms with Crippen molar-refractivity contribution in [1.82, 2.24) is 19.8 Å². The van der Waals surface area contributed by atoms with Crippen LogP contribution >= 0.6 is 0 Å². The number of carbonyl (C=O) groups excluding carboxylic acids is 1. The molecule has 106 valence electrons. The van der Waals surface area contributed by atoms with Gasteiger partial charge in [0, 0.05) is 13.6 Å². The standard InChI is InChI=1S/C10H17N5O3S/c1-6-8(9(11)13-15(6)2)19(17,18)14-7-4-3-5-12-10(7)16/h7,14H,3-5H2,1-2H3,(H2,11,13)(H,12,16). The molecular weight excluding hydrogens is 270 g/mol. The van der Waals surface area contributed by atoms with E-state index in [0.29, 0.717) is 18.7 Å². The molecule has 1 atom stereocenters. The smallest absolute Gasteiger partial charge is 0.246 e. The number of nitrogens with two attached hydrogens (primary N) is 1. The van der Waals surface area contributed by atoms with E-state index in [9.17, 15) is 13.2 Å². The first-order chi connectivity index (χ1) is 8.83. The van der Waals surface area contributed by atoms with E-state index in [1.807, 2.05) is 0 Å². The Labute approximate surface area is 111 Å². The van der Waals surface area contributed by atoms with Gasteiger partial charge in [0.2, 0.25) is 15.9 Å². The summed E-state index contributed by atoms with van der Waals surface area (Å²) in [7, 11) is -2.24. The number of aromatic nitrogens is 2. The Kier molecular flexibility index (Phi) is 3.50. The van der Waals surface area contributed by atoms with Crippen LogP contribution in [0.15, 0.2) is 4.90 Å². The third kappa shape index (κ3) is 2.56. The molecule has 4 N–H and O–H groups in total. The van der Waals surface area contributed by atoms with Crippen LogP contribution in [0.3, 0.4) is 0 Å². The molecule has 2 rings (SSSR count). The van der Waals surface area contributed by atoms with Crippen molar-refractivity contribution < 1.29 is 13.2 Å². The fourth-order valence-corrected chi connectivity index (χ4v) is 3.63. The Hall–Kier alpha value is -1.61. The minimum absolute atomic E-state index is 0.0617. The van der Waals surface area contributed by atoms with Gasteiger partial charge < -0.3 is 11.1 Å². The van der Waals surface area contributed by atoms with E-state index in [1.54, 1.807) is 14.0 Å². The molecule has 0 spiro atoms. The minimum Gasteiger partial charge on any atom is -0.381 e. The molecule has 1 aliphatic rings. The molecule has 0 saturated carbocycles. The van der Waals surface area contributed by atoms with Gasteiger partial charge in [-0.3, -0.25) is 9.48 Å². The molecule has 0 aromatic carbocycles. The van der Waals surface area contributed by atoms with Gasteiger partial charge in [-0.15, -0.1) is 0 Å². The molecule has 1 fully saturated rings. The van der Waals surface area contributed by atoms with E-state index in [2.05, 4.69) is 15.1 Å². The van der Waals surface area contributed by atoms with Gasteiger partial charge in [0.1, 0.15) is 10.9 Å². The topological polar surface area (TPSA) is 119 Å². The molecule has 1 saturated heterocycles. The van der Waals surface area contributed by atoms with E-state index >= 15 is 0 Å². The summed E-state index contributed by atoms with van der Waals surface area (Å²) < 4.78 is 28.3. The normalized spacial score (nSPS) is 20.3. The fourth-order valence-electron chi connectivity index (χ4n) is 2.08. The molecule has 1 unspecified atom stereocenters. The number of piperidine rings is 1. The highest BCUT2D eigenvalue weighted by molar-refractivity contribution is 7.89. The average Bonchev–Trinajstić information content (AvgIpc) is 2.56. The summed E-state index contributed by atoms with van der Waals surface area (Å²) in [5, 5.41) is 6.49. The lowest BCUT2D eigenvalue weighted by Gasteiger charge is -2.22. The second-order valence-corrected chi connectivity index (χ2v) is 6.18. The van der Waals surface area contributed by atoms with E-state index in [-0.39, 0.29) is 16.6 Å². The Morgan fingerprint density at radius 2 is 2.21 bits per heavy atom. The largest absolute Gasteiger partial charge is 0.381 e. The quantitative estimate of drug-likeness (QED) is 0.650. The molecule has 1 aliphatic heterocycles. The molecule has 1 aromatic heterocycles. The Morgan fingerprint density at radius 1 is 1.53 bits per heavy atom. The van der Waals surface area contributed by atoms with Crippen LogP contribution in [0.5, 0.6) is 0 Å². The van der Waals surface area contributed by atoms with Crippen LogP contribution < -0.4 is 15.8 Å². The molecule has 9 heteroatoms. The number of amides is 1. The van der Waals surface area contributed by atoms with Gasteiger partial charge in [0.15, 0.2) is 5.82 Å². The number of anilines is 1. The van der Waals surface area contributed by atoms with Gasteiger partial charge in [-0.25, -0.2) is 8.42 Å². The van der Waals surface area contributed by atoms with Gasteiger partial charge >= 0.3 is 0 Å². The van der Waals surface area contributed by atoms with Crippen LogP contribution in [-0.2, 0) is 21.9 Å². The van der Waals surface area contributed by atoms with Gasteiger partial charge in [0.05, 0.1) is 5.69 Å². The lowest BCUT2D eigenvalue weighted by molar-refractivity contribution is -0.124. The van der Waals surface area contributed by atoms with Gasteiger partial charge in [-0.05, 0) is 19.8 Å². The van der Waals surface area contributed by atoms with Crippen molar-refractivity contribution in [3.8, 4) is 0 Å². The van der Waals surface area contributed by atoms with E-state index in [1.165, 1.54) is 4.68 Å². The van der Waals surface area contributed by atoms with Crippen LogP contribution in [-0.4, -0.2) is 36.7 Å². The summed E-state index contributed by atoms with van der Waals surface area (Å²) in [6.45, 7) is 2.18. The first-order valence-corrected chi connectivity index (χ1v) is 7.40. The van der Waals surface area contributed by atoms with Crippen LogP contribution in [0.1, 0.15) is 18.5 Å². The summed E-state index contributed by atoms with van der Waals surface area (Å²) >= 11 is 0. The van der Waals surface area contributed by atoms with E-state index < -0.39 is 16.1 Å². The number of nitrogens with one attached hydrogen (secondary N) is 2. The summed E-state index contributed by atoms with van der Waals surface area (Å²) in [6.07, 6.45) is 1.21. The van der Waals surface area contributed by atoms with Crippen LogP contribution in [0.25, 0.3) is 0 Å². The van der Waals surface area contributed by atoms with E-state index in [0.717, 1.165) is 6.42 Å². The summed E-state index contributed by atoms with van der Waals surface area (Å²) in [5.41, 5.74) is 6.05. The monoisotopic (exact) mass is 287 g/mol. The number of nitrogens with zero attached hydrogens (tertiary/aromatic N) is 2. The van der Waals surface area contributed by atoms with Crippen LogP contribution in [0, 0.1) is 6.92 Å². The highest BCUT2D eigenvalue weighted by Crippen LogP contribution is 2.21. The maximum absolute atomic E-state index is 12.3. The average molecular weight is 287 g/mol. The molecule has 1 aromatic rings. The third-order valence-electron chi connectivity index (χ3n) is 3.16. The summed E-state index contributed by atoms with van der Waals surface area (Å²) in [5.74, 6) is -0.376. The van der Waals surface area contributed by atoms with Gasteiger partial charge in [-0.1, -0.05) is 0 Å². The van der Waals surface area contributed by atoms with Crippen LogP contribution in [0.2, 0.25) is 0 Å². The van der Waals surface area contributed by atoms with Crippen molar-refractivity contribution in [2.24, 2.45) is 7.05 Å². The van der Waals surface area contributed by atoms with Crippen molar-refractivity contribution in [2.45, 2.75) is 30.7 Å². The van der Waals surface area contributed by atoms with E-state index in [4.69, 9.17) is 5.73 Å². The van der Waals surface area contributed by atoms with Crippen LogP contribution in [0.4, 0.5) is 5.82 Å². The Balaban J connectivity index is 2.30. The number of aryl methyl sites for hydroxylation is 1. The first kappa shape index (κ1) is 13.8. The number of carbonyl (C=O) groups is 1. The van der Waals surface area contributed by atoms with Gasteiger partial charge in [0.25, 0.3) is 0 Å². The predicted octanol–water partition coefficient (Wildman–Crippen LogP) is -1.13. The molecule has 0 radical (unpaired) electrons. The highest BCUT2D eigenvalue weighted by Gasteiger charge is 2.31.